The van der Waals surface area contributed by atoms with Crippen LogP contribution in [0.4, 0.5) is 0 Å². The Bertz CT molecular complexity index is 119. The lowest BCUT2D eigenvalue weighted by Crippen LogP contribution is -2.13. The van der Waals surface area contributed by atoms with E-state index in [0.717, 1.165) is 6.42 Å². The van der Waals surface area contributed by atoms with Crippen molar-refractivity contribution in [1.29, 1.82) is 0 Å². The van der Waals surface area contributed by atoms with Gasteiger partial charge in [-0.15, -0.1) is 0 Å². The average Bonchev–Trinajstić information content (AvgIpc) is 2.39. The van der Waals surface area contributed by atoms with Crippen molar-refractivity contribution >= 4 is 5.97 Å². The molecule has 1 rings (SSSR count). The van der Waals surface area contributed by atoms with Crippen LogP contribution in [-0.4, -0.2) is 12.6 Å². The van der Waals surface area contributed by atoms with Crippen LogP contribution in [0.15, 0.2) is 0 Å². The summed E-state index contributed by atoms with van der Waals surface area (Å²) in [5.74, 6) is 0.606. The summed E-state index contributed by atoms with van der Waals surface area (Å²) in [6.45, 7) is 8.73. The zero-order chi connectivity index (χ0) is 8.85. The first-order valence-corrected chi connectivity index (χ1v) is 4.38. The highest BCUT2D eigenvalue weighted by Crippen LogP contribution is 2.21. The molecule has 0 bridgehead atoms. The highest BCUT2D eigenvalue weighted by atomic mass is 16.5. The highest BCUT2D eigenvalue weighted by molar-refractivity contribution is 5.74. The van der Waals surface area contributed by atoms with Gasteiger partial charge in [0.05, 0.1) is 12.5 Å². The molecule has 1 heterocycles. The van der Waals surface area contributed by atoms with Crippen molar-refractivity contribution in [3.63, 3.8) is 0 Å². The minimum Gasteiger partial charge on any atom is -0.465 e. The molecule has 0 amide bonds. The molecule has 1 unspecified atom stereocenters. The molecule has 0 saturated carbocycles. The molecule has 1 atom stereocenters. The first-order chi connectivity index (χ1) is 5.22. The van der Waals surface area contributed by atoms with E-state index < -0.39 is 0 Å². The van der Waals surface area contributed by atoms with Gasteiger partial charge in [-0.1, -0.05) is 27.7 Å². The Hall–Kier alpha value is -0.530. The molecular weight excluding hydrogens is 140 g/mol. The first-order valence-electron chi connectivity index (χ1n) is 4.38. The van der Waals surface area contributed by atoms with Gasteiger partial charge in [0.15, 0.2) is 0 Å². The van der Waals surface area contributed by atoms with Crippen molar-refractivity contribution in [3.05, 3.63) is 0 Å². The molecule has 2 nitrogen and oxygen atoms in total. The van der Waals surface area contributed by atoms with Crippen LogP contribution < -0.4 is 0 Å². The Balaban J connectivity index is 0.000000461. The molecule has 0 aromatic heterocycles. The van der Waals surface area contributed by atoms with E-state index in [1.54, 1.807) is 0 Å². The molecule has 0 aromatic rings. The molecule has 1 aliphatic rings. The predicted molar refractivity (Wildman–Crippen MR) is 45.3 cm³/mol. The van der Waals surface area contributed by atoms with Crippen LogP contribution in [-0.2, 0) is 9.53 Å². The van der Waals surface area contributed by atoms with Crippen LogP contribution in [0.5, 0.6) is 0 Å². The molecule has 1 saturated heterocycles. The van der Waals surface area contributed by atoms with Gasteiger partial charge in [0.1, 0.15) is 0 Å². The van der Waals surface area contributed by atoms with Gasteiger partial charge in [-0.25, -0.2) is 0 Å². The van der Waals surface area contributed by atoms with E-state index in [9.17, 15) is 4.79 Å². The maximum absolute atomic E-state index is 10.8. The molecule has 1 fully saturated rings. The molecule has 1 aliphatic heterocycles. The third-order valence-corrected chi connectivity index (χ3v) is 1.78. The van der Waals surface area contributed by atoms with E-state index in [2.05, 4.69) is 13.8 Å². The van der Waals surface area contributed by atoms with E-state index >= 15 is 0 Å². The summed E-state index contributed by atoms with van der Waals surface area (Å²) in [6, 6.07) is 0. The van der Waals surface area contributed by atoms with Gasteiger partial charge in [-0.3, -0.25) is 4.79 Å². The van der Waals surface area contributed by atoms with Crippen molar-refractivity contribution in [2.24, 2.45) is 11.8 Å². The van der Waals surface area contributed by atoms with Crippen LogP contribution in [0.1, 0.15) is 34.1 Å². The van der Waals surface area contributed by atoms with E-state index in [4.69, 9.17) is 4.74 Å². The highest BCUT2D eigenvalue weighted by Gasteiger charge is 2.28. The van der Waals surface area contributed by atoms with Gasteiger partial charge in [0.2, 0.25) is 0 Å². The second-order valence-corrected chi connectivity index (χ2v) is 2.81. The Morgan fingerprint density at radius 1 is 1.45 bits per heavy atom. The zero-order valence-corrected chi connectivity index (χ0v) is 7.89. The average molecular weight is 158 g/mol. The summed E-state index contributed by atoms with van der Waals surface area (Å²) >= 11 is 0. The first kappa shape index (κ1) is 10.5. The molecule has 2 heteroatoms. The summed E-state index contributed by atoms with van der Waals surface area (Å²) in [5, 5.41) is 0. The van der Waals surface area contributed by atoms with Crippen molar-refractivity contribution in [2.75, 3.05) is 6.61 Å². The predicted octanol–water partition coefficient (Wildman–Crippen LogP) is 2.23. The molecular formula is C9H18O2. The molecule has 0 aliphatic carbocycles. The van der Waals surface area contributed by atoms with Crippen LogP contribution in [0, 0.1) is 11.8 Å². The van der Waals surface area contributed by atoms with Crippen LogP contribution in [0.25, 0.3) is 0 Å². The Labute approximate surface area is 68.9 Å². The number of hydrogen-bond donors (Lipinski definition) is 0. The van der Waals surface area contributed by atoms with Gasteiger partial charge < -0.3 is 4.74 Å². The third-order valence-electron chi connectivity index (χ3n) is 1.78. The summed E-state index contributed by atoms with van der Waals surface area (Å²) in [7, 11) is 0. The van der Waals surface area contributed by atoms with Gasteiger partial charge in [-0.2, -0.15) is 0 Å². The monoisotopic (exact) mass is 158 g/mol. The van der Waals surface area contributed by atoms with Crippen molar-refractivity contribution < 1.29 is 9.53 Å². The smallest absolute Gasteiger partial charge is 0.309 e. The maximum atomic E-state index is 10.8. The lowest BCUT2D eigenvalue weighted by molar-refractivity contribution is -0.142. The standard InChI is InChI=1S/C7H12O2.C2H6/c1-5(2)6-3-4-9-7(6)8;1-2/h5-6H,3-4H2,1-2H3;1-2H3. The van der Waals surface area contributed by atoms with Gasteiger partial charge in [0.25, 0.3) is 0 Å². The maximum Gasteiger partial charge on any atom is 0.309 e. The minimum absolute atomic E-state index is 0.00926. The van der Waals surface area contributed by atoms with Gasteiger partial charge in [-0.05, 0) is 12.3 Å². The quantitative estimate of drug-likeness (QED) is 0.547. The number of rotatable bonds is 1. The van der Waals surface area contributed by atoms with E-state index in [1.807, 2.05) is 13.8 Å². The fourth-order valence-corrected chi connectivity index (χ4v) is 1.12. The van der Waals surface area contributed by atoms with E-state index in [1.165, 1.54) is 0 Å². The third kappa shape index (κ3) is 2.91. The van der Waals surface area contributed by atoms with Crippen molar-refractivity contribution in [1.82, 2.24) is 0 Å². The van der Waals surface area contributed by atoms with Crippen molar-refractivity contribution in [2.45, 2.75) is 34.1 Å². The fraction of sp³-hybridized carbons (Fsp3) is 0.889. The number of ether oxygens (including phenoxy) is 1. The Morgan fingerprint density at radius 2 is 2.00 bits per heavy atom. The second kappa shape index (κ2) is 5.16. The minimum atomic E-state index is -0.00926. The molecule has 0 aromatic carbocycles. The summed E-state index contributed by atoms with van der Waals surface area (Å²) in [5.41, 5.74) is 0. The van der Waals surface area contributed by atoms with Crippen molar-refractivity contribution in [3.8, 4) is 0 Å². The molecule has 66 valence electrons. The van der Waals surface area contributed by atoms with Crippen LogP contribution in [0.3, 0.4) is 0 Å². The lowest BCUT2D eigenvalue weighted by atomic mass is 9.95. The SMILES string of the molecule is CC.CC(C)C1CCOC1=O. The van der Waals surface area contributed by atoms with Gasteiger partial charge in [0, 0.05) is 0 Å². The van der Waals surface area contributed by atoms with Crippen LogP contribution in [0.2, 0.25) is 0 Å². The summed E-state index contributed by atoms with van der Waals surface area (Å²) in [6.07, 6.45) is 0.913. The summed E-state index contributed by atoms with van der Waals surface area (Å²) in [4.78, 5) is 10.8. The molecule has 0 spiro atoms. The molecule has 0 N–H and O–H groups in total. The zero-order valence-electron chi connectivity index (χ0n) is 7.89. The van der Waals surface area contributed by atoms with Gasteiger partial charge >= 0.3 is 5.97 Å². The number of esters is 1. The Morgan fingerprint density at radius 3 is 2.18 bits per heavy atom. The fourth-order valence-electron chi connectivity index (χ4n) is 1.12. The number of carbonyl (C=O) groups is 1. The van der Waals surface area contributed by atoms with Crippen LogP contribution >= 0.6 is 0 Å². The van der Waals surface area contributed by atoms with E-state index in [-0.39, 0.29) is 11.9 Å². The number of cyclic esters (lactones) is 1. The molecule has 11 heavy (non-hydrogen) atoms. The normalized spacial score (nSPS) is 22.6. The topological polar surface area (TPSA) is 26.3 Å². The number of carbonyl (C=O) groups excluding carboxylic acids is 1. The largest absolute Gasteiger partial charge is 0.465 e. The summed E-state index contributed by atoms with van der Waals surface area (Å²) < 4.78 is 4.79. The Kier molecular flexibility index (Phi) is 4.92. The lowest BCUT2D eigenvalue weighted by Gasteiger charge is -2.07. The number of hydrogen-bond acceptors (Lipinski definition) is 2. The second-order valence-electron chi connectivity index (χ2n) is 2.81. The van der Waals surface area contributed by atoms with E-state index in [0.29, 0.717) is 12.5 Å². The molecule has 0 radical (unpaired) electrons.